The predicted octanol–water partition coefficient (Wildman–Crippen LogP) is 2.69. The van der Waals surface area contributed by atoms with E-state index >= 15 is 0 Å². The fraction of sp³-hybridized carbons (Fsp3) is 0.250. The van der Waals surface area contributed by atoms with Gasteiger partial charge in [0.25, 0.3) is 0 Å². The lowest BCUT2D eigenvalue weighted by Crippen LogP contribution is -2.18. The van der Waals surface area contributed by atoms with Gasteiger partial charge in [0.15, 0.2) is 11.0 Å². The lowest BCUT2D eigenvalue weighted by molar-refractivity contribution is -0.113. The minimum atomic E-state index is -0.646. The third-order valence-corrected chi connectivity index (χ3v) is 5.41. The van der Waals surface area contributed by atoms with Gasteiger partial charge in [0.2, 0.25) is 5.91 Å². The molecule has 0 spiro atoms. The van der Waals surface area contributed by atoms with E-state index in [0.29, 0.717) is 16.7 Å². The minimum absolute atomic E-state index is 0.000588. The number of aromatic nitrogens is 3. The number of aryl methyl sites for hydroxylation is 1. The van der Waals surface area contributed by atoms with E-state index < -0.39 is 17.8 Å². The first kappa shape index (κ1) is 22.1. The summed E-state index contributed by atoms with van der Waals surface area (Å²) in [5.41, 5.74) is 1.26. The van der Waals surface area contributed by atoms with Gasteiger partial charge in [-0.15, -0.1) is 10.2 Å². The number of nitrogens with zero attached hydrogens (tertiary/aromatic N) is 3. The van der Waals surface area contributed by atoms with E-state index in [4.69, 9.17) is 9.15 Å². The van der Waals surface area contributed by atoms with E-state index in [1.54, 1.807) is 23.9 Å². The number of carbonyl (C=O) groups excluding carboxylic acids is 3. The average molecular weight is 444 g/mol. The molecule has 0 aliphatic rings. The number of carbonyl (C=O) groups is 3. The number of benzene rings is 1. The van der Waals surface area contributed by atoms with Gasteiger partial charge in [0.1, 0.15) is 5.76 Å². The van der Waals surface area contributed by atoms with E-state index in [9.17, 15) is 14.4 Å². The van der Waals surface area contributed by atoms with Gasteiger partial charge >= 0.3 is 11.9 Å². The van der Waals surface area contributed by atoms with Crippen LogP contribution in [-0.4, -0.2) is 52.6 Å². The highest BCUT2D eigenvalue weighted by molar-refractivity contribution is 7.99. The van der Waals surface area contributed by atoms with Gasteiger partial charge in [-0.3, -0.25) is 4.79 Å². The first-order chi connectivity index (χ1) is 14.8. The van der Waals surface area contributed by atoms with Crippen molar-refractivity contribution in [3.8, 4) is 11.4 Å². The molecule has 0 atom stereocenters. The summed E-state index contributed by atoms with van der Waals surface area (Å²) in [7, 11) is 4.26. The molecule has 0 saturated carbocycles. The van der Waals surface area contributed by atoms with Crippen LogP contribution in [-0.2, 0) is 21.3 Å². The van der Waals surface area contributed by atoms with Crippen LogP contribution in [0.4, 0.5) is 5.69 Å². The molecule has 1 aromatic carbocycles. The van der Waals surface area contributed by atoms with Gasteiger partial charge in [-0.05, 0) is 31.2 Å². The summed E-state index contributed by atoms with van der Waals surface area (Å²) in [6.07, 6.45) is 1.57. The van der Waals surface area contributed by atoms with E-state index in [0.717, 1.165) is 5.56 Å². The molecular weight excluding hydrogens is 424 g/mol. The van der Waals surface area contributed by atoms with Crippen LogP contribution < -0.4 is 5.32 Å². The number of anilines is 1. The molecule has 2 aromatic heterocycles. The molecular formula is C20H20N4O6S. The molecule has 0 bridgehead atoms. The fourth-order valence-corrected chi connectivity index (χ4v) is 3.50. The van der Waals surface area contributed by atoms with Crippen molar-refractivity contribution in [2.45, 2.75) is 12.1 Å². The highest BCUT2D eigenvalue weighted by Crippen LogP contribution is 2.26. The summed E-state index contributed by atoms with van der Waals surface area (Å²) >= 11 is 1.17. The third-order valence-electron chi connectivity index (χ3n) is 4.39. The molecule has 162 valence electrons. The lowest BCUT2D eigenvalue weighted by Gasteiger charge is -2.11. The molecule has 0 saturated heterocycles. The Bertz CT molecular complexity index is 1140. The number of rotatable bonds is 7. The molecule has 0 aliphatic carbocycles. The third kappa shape index (κ3) is 4.77. The molecule has 3 aromatic rings. The molecule has 0 unspecified atom stereocenters. The number of thioether (sulfide) groups is 1. The fourth-order valence-electron chi connectivity index (χ4n) is 2.79. The van der Waals surface area contributed by atoms with Gasteiger partial charge in [0, 0.05) is 7.05 Å². The SMILES string of the molecule is COC(=O)c1ccc(C(=O)OC)c(NC(=O)CSc2nnc(-c3ccoc3C)n2C)c1. The Balaban J connectivity index is 1.74. The van der Waals surface area contributed by atoms with Crippen LogP contribution in [0.15, 0.2) is 40.1 Å². The van der Waals surface area contributed by atoms with Crippen LogP contribution in [0.25, 0.3) is 11.4 Å². The zero-order chi connectivity index (χ0) is 22.5. The van der Waals surface area contributed by atoms with Gasteiger partial charge in [-0.1, -0.05) is 11.8 Å². The number of hydrogen-bond donors (Lipinski definition) is 1. The van der Waals surface area contributed by atoms with Crippen molar-refractivity contribution in [2.24, 2.45) is 7.05 Å². The Kier molecular flexibility index (Phi) is 6.75. The standard InChI is InChI=1S/C20H20N4O6S/c1-11-13(7-8-30-11)17-22-23-20(24(17)2)31-10-16(25)21-15-9-12(18(26)28-3)5-6-14(15)19(27)29-4/h5-9H,10H2,1-4H3,(H,21,25). The van der Waals surface area contributed by atoms with Crippen LogP contribution >= 0.6 is 11.8 Å². The first-order valence-corrected chi connectivity index (χ1v) is 10.0. The number of nitrogens with one attached hydrogen (secondary N) is 1. The number of furan rings is 1. The molecule has 3 rings (SSSR count). The summed E-state index contributed by atoms with van der Waals surface area (Å²) in [5, 5.41) is 11.4. The van der Waals surface area contributed by atoms with Crippen molar-refractivity contribution in [3.63, 3.8) is 0 Å². The number of methoxy groups -OCH3 is 2. The number of esters is 2. The molecule has 1 amide bonds. The topological polar surface area (TPSA) is 126 Å². The maximum absolute atomic E-state index is 12.5. The van der Waals surface area contributed by atoms with E-state index in [-0.39, 0.29) is 22.6 Å². The van der Waals surface area contributed by atoms with Crippen molar-refractivity contribution in [3.05, 3.63) is 47.4 Å². The largest absolute Gasteiger partial charge is 0.469 e. The Morgan fingerprint density at radius 3 is 2.52 bits per heavy atom. The van der Waals surface area contributed by atoms with Crippen molar-refractivity contribution < 1.29 is 28.3 Å². The normalized spacial score (nSPS) is 10.6. The summed E-state index contributed by atoms with van der Waals surface area (Å²) < 4.78 is 16.5. The van der Waals surface area contributed by atoms with E-state index in [2.05, 4.69) is 20.3 Å². The molecule has 10 nitrogen and oxygen atoms in total. The monoisotopic (exact) mass is 444 g/mol. The Labute approximate surface area is 181 Å². The Hall–Kier alpha value is -3.60. The minimum Gasteiger partial charge on any atom is -0.469 e. The zero-order valence-electron chi connectivity index (χ0n) is 17.3. The zero-order valence-corrected chi connectivity index (χ0v) is 18.1. The molecule has 31 heavy (non-hydrogen) atoms. The Morgan fingerprint density at radius 2 is 1.87 bits per heavy atom. The van der Waals surface area contributed by atoms with Crippen LogP contribution in [0.1, 0.15) is 26.5 Å². The van der Waals surface area contributed by atoms with Gasteiger partial charge in [0.05, 0.1) is 48.6 Å². The van der Waals surface area contributed by atoms with E-state index in [1.165, 1.54) is 44.2 Å². The lowest BCUT2D eigenvalue weighted by atomic mass is 10.1. The van der Waals surface area contributed by atoms with Crippen LogP contribution in [0.3, 0.4) is 0 Å². The number of amides is 1. The number of ether oxygens (including phenoxy) is 2. The van der Waals surface area contributed by atoms with Crippen LogP contribution in [0, 0.1) is 6.92 Å². The second-order valence-electron chi connectivity index (χ2n) is 6.34. The van der Waals surface area contributed by atoms with Crippen LogP contribution in [0.5, 0.6) is 0 Å². The molecule has 0 aliphatic heterocycles. The van der Waals surface area contributed by atoms with Crippen molar-refractivity contribution in [1.29, 1.82) is 0 Å². The second-order valence-corrected chi connectivity index (χ2v) is 7.28. The van der Waals surface area contributed by atoms with Crippen molar-refractivity contribution in [2.75, 3.05) is 25.3 Å². The van der Waals surface area contributed by atoms with Gasteiger partial charge in [-0.2, -0.15) is 0 Å². The van der Waals surface area contributed by atoms with Crippen molar-refractivity contribution >= 4 is 35.3 Å². The summed E-state index contributed by atoms with van der Waals surface area (Å²) in [5.74, 6) is -0.311. The summed E-state index contributed by atoms with van der Waals surface area (Å²) in [4.78, 5) is 36.3. The van der Waals surface area contributed by atoms with Gasteiger partial charge in [-0.25, -0.2) is 9.59 Å². The molecule has 2 heterocycles. The van der Waals surface area contributed by atoms with Crippen molar-refractivity contribution in [1.82, 2.24) is 14.8 Å². The number of hydrogen-bond acceptors (Lipinski definition) is 9. The van der Waals surface area contributed by atoms with Crippen LogP contribution in [0.2, 0.25) is 0 Å². The average Bonchev–Trinajstić information content (AvgIpc) is 3.35. The highest BCUT2D eigenvalue weighted by atomic mass is 32.2. The van der Waals surface area contributed by atoms with E-state index in [1.807, 2.05) is 6.92 Å². The Morgan fingerprint density at radius 1 is 1.13 bits per heavy atom. The highest BCUT2D eigenvalue weighted by Gasteiger charge is 2.19. The second kappa shape index (κ2) is 9.47. The maximum Gasteiger partial charge on any atom is 0.339 e. The maximum atomic E-state index is 12.5. The molecule has 0 fully saturated rings. The first-order valence-electron chi connectivity index (χ1n) is 9.02. The van der Waals surface area contributed by atoms with Gasteiger partial charge < -0.3 is 23.8 Å². The quantitative estimate of drug-likeness (QED) is 0.432. The predicted molar refractivity (Wildman–Crippen MR) is 112 cm³/mol. The molecule has 1 N–H and O–H groups in total. The smallest absolute Gasteiger partial charge is 0.339 e. The summed E-state index contributed by atoms with van der Waals surface area (Å²) in [6, 6.07) is 5.97. The summed E-state index contributed by atoms with van der Waals surface area (Å²) in [6.45, 7) is 1.83. The molecule has 11 heteroatoms. The molecule has 0 radical (unpaired) electrons.